The first kappa shape index (κ1) is 63.9. The van der Waals surface area contributed by atoms with Gasteiger partial charge in [0, 0.05) is 60.2 Å². The Kier molecular flexibility index (Phi) is 18.9. The van der Waals surface area contributed by atoms with Gasteiger partial charge in [-0.3, -0.25) is 19.2 Å². The second-order valence-corrected chi connectivity index (χ2v) is 21.4. The topological polar surface area (TPSA) is 406 Å². The third kappa shape index (κ3) is 12.0. The van der Waals surface area contributed by atoms with E-state index in [2.05, 4.69) is 5.32 Å². The Hall–Kier alpha value is -7.69. The number of benzene rings is 4. The average molecular weight is 1190 g/mol. The second kappa shape index (κ2) is 24.9. The zero-order chi connectivity index (χ0) is 60.9. The van der Waals surface area contributed by atoms with Crippen LogP contribution in [-0.4, -0.2) is 151 Å². The van der Waals surface area contributed by atoms with Crippen molar-refractivity contribution in [3.8, 4) is 34.5 Å². The van der Waals surface area contributed by atoms with Gasteiger partial charge in [-0.05, 0) is 89.9 Å². The van der Waals surface area contributed by atoms with Crippen molar-refractivity contribution in [1.29, 1.82) is 0 Å². The van der Waals surface area contributed by atoms with Gasteiger partial charge < -0.3 is 95.2 Å². The summed E-state index contributed by atoms with van der Waals surface area (Å²) in [6.45, 7) is 9.25. The molecule has 2 aliphatic carbocycles. The number of ketones is 3. The van der Waals surface area contributed by atoms with Crippen LogP contribution < -0.4 is 31.9 Å². The largest absolute Gasteiger partial charge is 0.508 e. The standard InChI is InChI=1S/C31H36N2O11.C27H29NO11.ClH/c1-14(2)7-8-16-13-17(9-11-19(16)34)27(37)33-21-22(35)18-10-12-20(15(3)24(18)42-28(21)38)41-29-23(36)25(43-30(32)39)26(40-6)31(4,5)44-29;1-10-22(31)13(28)6-17(38-10)39-15-8-27(36,16(30)9-29)7-12-19(15)26(35)21-20(24(12)33)23(32)11-4-3-5-14(37-2)18(11)25(21)34;/h7,9-13,23,25-26,29,34-36H,8H2,1-6H3,(H2,32,39)(H,33,37);3-5,10,13,15,17,22,29,31,33,35-36H,6-9,28H2,1-2H3;1H. The van der Waals surface area contributed by atoms with Crippen LogP contribution in [-0.2, 0) is 41.3 Å². The van der Waals surface area contributed by atoms with Crippen molar-refractivity contribution in [2.45, 2.75) is 134 Å². The van der Waals surface area contributed by atoms with Crippen molar-refractivity contribution in [3.63, 3.8) is 0 Å². The maximum Gasteiger partial charge on any atom is 0.404 e. The zero-order valence-corrected chi connectivity index (χ0v) is 47.6. The lowest BCUT2D eigenvalue weighted by atomic mass is 9.72. The van der Waals surface area contributed by atoms with E-state index in [1.165, 1.54) is 62.8 Å². The van der Waals surface area contributed by atoms with Crippen molar-refractivity contribution >= 4 is 58.4 Å². The van der Waals surface area contributed by atoms with Crippen LogP contribution >= 0.6 is 12.4 Å². The van der Waals surface area contributed by atoms with Gasteiger partial charge in [0.05, 0.1) is 53.1 Å². The number of carbonyl (C=O) groups excluding carboxylic acids is 5. The van der Waals surface area contributed by atoms with Gasteiger partial charge in [0.15, 0.2) is 41.5 Å². The maximum atomic E-state index is 13.6. The number of amides is 2. The van der Waals surface area contributed by atoms with Crippen LogP contribution in [0.5, 0.6) is 34.5 Å². The van der Waals surface area contributed by atoms with E-state index >= 15 is 0 Å². The Balaban J connectivity index is 0.000000240. The molecule has 1 aromatic heterocycles. The van der Waals surface area contributed by atoms with Gasteiger partial charge in [0.25, 0.3) is 5.91 Å². The van der Waals surface area contributed by atoms with Crippen molar-refractivity contribution in [3.05, 3.63) is 121 Å². The minimum absolute atomic E-state index is 0. The molecule has 2 amide bonds. The lowest BCUT2D eigenvalue weighted by Gasteiger charge is -2.47. The molecule has 3 heterocycles. The lowest BCUT2D eigenvalue weighted by molar-refractivity contribution is -0.304. The van der Waals surface area contributed by atoms with Crippen molar-refractivity contribution in [2.75, 3.05) is 26.1 Å². The number of aromatic hydroxyl groups is 4. The van der Waals surface area contributed by atoms with Crippen molar-refractivity contribution in [1.82, 2.24) is 0 Å². The number of halogens is 1. The van der Waals surface area contributed by atoms with Gasteiger partial charge in [0.2, 0.25) is 12.1 Å². The summed E-state index contributed by atoms with van der Waals surface area (Å²) in [6, 6.07) is 10.8. The summed E-state index contributed by atoms with van der Waals surface area (Å²) in [4.78, 5) is 77.2. The van der Waals surface area contributed by atoms with E-state index in [4.69, 9.17) is 49.0 Å². The number of aryl methyl sites for hydroxylation is 1. The summed E-state index contributed by atoms with van der Waals surface area (Å²) in [5.74, 6) is -4.86. The number of Topliss-reactive ketones (excluding diaryl/α,β-unsaturated/α-hetero) is 1. The number of methoxy groups -OCH3 is 2. The van der Waals surface area contributed by atoms with Crippen LogP contribution in [0.1, 0.15) is 118 Å². The highest BCUT2D eigenvalue weighted by Gasteiger charge is 2.54. The highest BCUT2D eigenvalue weighted by atomic mass is 35.5. The summed E-state index contributed by atoms with van der Waals surface area (Å²) in [6.07, 6.45) is -8.93. The molecule has 9 rings (SSSR count). The van der Waals surface area contributed by atoms with Crippen LogP contribution in [0.3, 0.4) is 0 Å². The number of aliphatic hydroxyl groups excluding tert-OH is 3. The zero-order valence-electron chi connectivity index (χ0n) is 46.8. The molecule has 2 saturated heterocycles. The van der Waals surface area contributed by atoms with E-state index in [0.717, 1.165) is 5.57 Å². The maximum absolute atomic E-state index is 13.6. The monoisotopic (exact) mass is 1190 g/mol. The number of primary amides is 1. The minimum Gasteiger partial charge on any atom is -0.508 e. The Morgan fingerprint density at radius 1 is 0.905 bits per heavy atom. The SMILES string of the molecule is COC1C(OC(N)=O)C(O)C(Oc2ccc3c(O)c(NC(=O)c4ccc(O)c(CC=C(C)C)c4)c(=O)oc3c2C)OC1(C)C.COc1cccc2c1C(=O)c1c(O)c3c(c(O)c1C2=O)CC(O)(C(=O)CO)CC3OC1CC(N)C(O)C(C)O1.Cl. The van der Waals surface area contributed by atoms with E-state index in [-0.39, 0.29) is 80.4 Å². The molecule has 2 fully saturated rings. The number of hydrogen-bond donors (Lipinski definition) is 11. The molecule has 26 heteroatoms. The number of anilines is 1. The average Bonchev–Trinajstić information content (AvgIpc) is 1.41. The van der Waals surface area contributed by atoms with Gasteiger partial charge in [0.1, 0.15) is 52.6 Å². The Labute approximate surface area is 485 Å². The molecule has 5 aromatic rings. The number of allylic oxidation sites excluding steroid dienone is 2. The molecule has 0 saturated carbocycles. The third-order valence-corrected chi connectivity index (χ3v) is 15.1. The van der Waals surface area contributed by atoms with Crippen LogP contribution in [0.15, 0.2) is 69.4 Å². The summed E-state index contributed by atoms with van der Waals surface area (Å²) in [5.41, 5.74) is 6.91. The molecule has 4 aromatic carbocycles. The molecule has 13 N–H and O–H groups in total. The van der Waals surface area contributed by atoms with Gasteiger partial charge in [-0.2, -0.15) is 0 Å². The Morgan fingerprint density at radius 3 is 2.23 bits per heavy atom. The van der Waals surface area contributed by atoms with E-state index in [9.17, 15) is 69.6 Å². The molecule has 452 valence electrons. The second-order valence-electron chi connectivity index (χ2n) is 21.4. The quantitative estimate of drug-likeness (QED) is 0.0441. The fourth-order valence-corrected chi connectivity index (χ4v) is 10.8. The Morgan fingerprint density at radius 2 is 1.60 bits per heavy atom. The van der Waals surface area contributed by atoms with Crippen LogP contribution in [0.25, 0.3) is 11.0 Å². The molecule has 84 heavy (non-hydrogen) atoms. The molecule has 0 bridgehead atoms. The van der Waals surface area contributed by atoms with Gasteiger partial charge in [-0.25, -0.2) is 9.59 Å². The van der Waals surface area contributed by atoms with E-state index in [1.807, 2.05) is 19.9 Å². The minimum atomic E-state index is -2.24. The van der Waals surface area contributed by atoms with Crippen molar-refractivity contribution < 1.29 is 102 Å². The lowest BCUT2D eigenvalue weighted by Crippen LogP contribution is -2.65. The highest BCUT2D eigenvalue weighted by Crippen LogP contribution is 2.53. The number of ether oxygens (including phenoxy) is 7. The number of hydrogen-bond acceptors (Lipinski definition) is 23. The molecule has 10 atom stereocenters. The van der Waals surface area contributed by atoms with Gasteiger partial charge >= 0.3 is 11.7 Å². The van der Waals surface area contributed by atoms with Gasteiger partial charge in [-0.1, -0.05) is 23.8 Å². The fourth-order valence-electron chi connectivity index (χ4n) is 10.8. The van der Waals surface area contributed by atoms with Crippen molar-refractivity contribution in [2.24, 2.45) is 11.5 Å². The van der Waals surface area contributed by atoms with Crippen LogP contribution in [0.2, 0.25) is 0 Å². The molecule has 0 radical (unpaired) electrons. The van der Waals surface area contributed by atoms with Gasteiger partial charge in [-0.15, -0.1) is 12.4 Å². The molecule has 4 aliphatic rings. The molecule has 0 spiro atoms. The van der Waals surface area contributed by atoms with E-state index in [0.29, 0.717) is 12.0 Å². The first-order valence-electron chi connectivity index (χ1n) is 26.1. The fraction of sp³-hybridized carbons (Fsp3) is 0.414. The predicted octanol–water partition coefficient (Wildman–Crippen LogP) is 4.05. The first-order chi connectivity index (χ1) is 39.1. The summed E-state index contributed by atoms with van der Waals surface area (Å²) in [7, 11) is 2.69. The molecular weight excluding hydrogens is 1130 g/mol. The number of aliphatic hydroxyl groups is 4. The number of phenolic OH excluding ortho intramolecular Hbond substituents is 3. The first-order valence-corrected chi connectivity index (χ1v) is 26.1. The van der Waals surface area contributed by atoms with E-state index in [1.54, 1.807) is 27.7 Å². The van der Waals surface area contributed by atoms with Crippen LogP contribution in [0.4, 0.5) is 10.5 Å². The summed E-state index contributed by atoms with van der Waals surface area (Å²) >= 11 is 0. The molecule has 25 nitrogen and oxygen atoms in total. The molecule has 10 unspecified atom stereocenters. The number of fused-ring (bicyclic) bond motifs is 4. The van der Waals surface area contributed by atoms with Crippen LogP contribution in [0, 0.1) is 6.92 Å². The number of rotatable bonds is 13. The summed E-state index contributed by atoms with van der Waals surface area (Å²) < 4.78 is 44.9. The molecule has 2 aliphatic heterocycles. The highest BCUT2D eigenvalue weighted by molar-refractivity contribution is 6.31. The Bertz CT molecular complexity index is 3510. The predicted molar refractivity (Wildman–Crippen MR) is 298 cm³/mol. The number of phenols is 3. The summed E-state index contributed by atoms with van der Waals surface area (Å²) in [5, 5.41) is 88.3. The third-order valence-electron chi connectivity index (χ3n) is 15.1. The van der Waals surface area contributed by atoms with E-state index < -0.39 is 155 Å². The smallest absolute Gasteiger partial charge is 0.404 e. The number of nitrogens with two attached hydrogens (primary N) is 2. The normalized spacial score (nSPS) is 24.8. The number of nitrogens with one attached hydrogen (secondary N) is 1. The number of carbonyl (C=O) groups is 5. The molecular formula is C58H66ClN3O22.